The van der Waals surface area contributed by atoms with E-state index in [0.717, 1.165) is 0 Å². The Labute approximate surface area is 173 Å². The summed E-state index contributed by atoms with van der Waals surface area (Å²) in [6.07, 6.45) is 0. The van der Waals surface area contributed by atoms with Crippen molar-refractivity contribution in [2.24, 2.45) is 7.05 Å². The molecular weight excluding hydrogens is 408 g/mol. The molecule has 1 aromatic carbocycles. The molecule has 3 heterocycles. The SMILES string of the molecule is Cc1noc(C)c1S(=O)(=O)N1CCN(C(=O)c2cc(=O)n(C)c3ccccc23)CC1. The lowest BCUT2D eigenvalue weighted by molar-refractivity contribution is 0.0699. The number of rotatable bonds is 3. The molecule has 4 rings (SSSR count). The number of nitrogens with zero attached hydrogens (tertiary/aromatic N) is 4. The highest BCUT2D eigenvalue weighted by molar-refractivity contribution is 7.89. The summed E-state index contributed by atoms with van der Waals surface area (Å²) in [6.45, 7) is 3.91. The van der Waals surface area contributed by atoms with Gasteiger partial charge in [-0.3, -0.25) is 9.59 Å². The second-order valence-corrected chi connectivity index (χ2v) is 9.20. The molecule has 10 heteroatoms. The van der Waals surface area contributed by atoms with Crippen molar-refractivity contribution in [2.45, 2.75) is 18.7 Å². The van der Waals surface area contributed by atoms with Crippen LogP contribution in [0.15, 0.2) is 44.5 Å². The van der Waals surface area contributed by atoms with E-state index in [2.05, 4.69) is 5.16 Å². The lowest BCUT2D eigenvalue weighted by atomic mass is 10.1. The zero-order valence-electron chi connectivity index (χ0n) is 17.0. The number of para-hydroxylation sites is 1. The Bertz CT molecular complexity index is 1280. The van der Waals surface area contributed by atoms with Crippen molar-refractivity contribution in [2.75, 3.05) is 26.2 Å². The smallest absolute Gasteiger partial charge is 0.254 e. The van der Waals surface area contributed by atoms with Gasteiger partial charge in [0.1, 0.15) is 10.6 Å². The quantitative estimate of drug-likeness (QED) is 0.620. The number of carbonyl (C=O) groups is 1. The lowest BCUT2D eigenvalue weighted by Crippen LogP contribution is -2.50. The van der Waals surface area contributed by atoms with Crippen LogP contribution in [-0.2, 0) is 17.1 Å². The lowest BCUT2D eigenvalue weighted by Gasteiger charge is -2.34. The second-order valence-electron chi connectivity index (χ2n) is 7.32. The molecule has 1 aliphatic heterocycles. The van der Waals surface area contributed by atoms with Gasteiger partial charge in [0.2, 0.25) is 10.0 Å². The third kappa shape index (κ3) is 3.21. The molecule has 1 saturated heterocycles. The molecule has 9 nitrogen and oxygen atoms in total. The van der Waals surface area contributed by atoms with Crippen molar-refractivity contribution in [1.82, 2.24) is 18.9 Å². The summed E-state index contributed by atoms with van der Waals surface area (Å²) in [5.41, 5.74) is 1.05. The van der Waals surface area contributed by atoms with Gasteiger partial charge in [0.25, 0.3) is 11.5 Å². The summed E-state index contributed by atoms with van der Waals surface area (Å²) in [6, 6.07) is 8.57. The number of piperazine rings is 1. The molecule has 3 aromatic rings. The highest BCUT2D eigenvalue weighted by atomic mass is 32.2. The van der Waals surface area contributed by atoms with Crippen molar-refractivity contribution in [3.05, 3.63) is 57.7 Å². The number of aromatic nitrogens is 2. The van der Waals surface area contributed by atoms with Crippen LogP contribution in [0, 0.1) is 13.8 Å². The highest BCUT2D eigenvalue weighted by Gasteiger charge is 2.34. The van der Waals surface area contributed by atoms with Gasteiger partial charge in [0, 0.05) is 44.7 Å². The molecule has 1 amide bonds. The predicted molar refractivity (Wildman–Crippen MR) is 110 cm³/mol. The molecule has 0 N–H and O–H groups in total. The number of hydrogen-bond acceptors (Lipinski definition) is 6. The van der Waals surface area contributed by atoms with E-state index in [1.165, 1.54) is 14.9 Å². The van der Waals surface area contributed by atoms with Gasteiger partial charge in [0.15, 0.2) is 5.76 Å². The van der Waals surface area contributed by atoms with E-state index in [0.29, 0.717) is 22.2 Å². The highest BCUT2D eigenvalue weighted by Crippen LogP contribution is 2.25. The minimum atomic E-state index is -3.76. The van der Waals surface area contributed by atoms with Crippen LogP contribution in [0.3, 0.4) is 0 Å². The Kier molecular flexibility index (Phi) is 4.99. The molecule has 30 heavy (non-hydrogen) atoms. The summed E-state index contributed by atoms with van der Waals surface area (Å²) in [4.78, 5) is 27.1. The van der Waals surface area contributed by atoms with Gasteiger partial charge in [-0.25, -0.2) is 8.42 Å². The maximum absolute atomic E-state index is 13.2. The normalized spacial score (nSPS) is 15.6. The minimum absolute atomic E-state index is 0.0832. The Morgan fingerprint density at radius 1 is 1.10 bits per heavy atom. The van der Waals surface area contributed by atoms with Crippen molar-refractivity contribution < 1.29 is 17.7 Å². The topological polar surface area (TPSA) is 106 Å². The first-order valence-corrected chi connectivity index (χ1v) is 11.0. The maximum atomic E-state index is 13.2. The summed E-state index contributed by atoms with van der Waals surface area (Å²) in [5.74, 6) is -0.0316. The third-order valence-electron chi connectivity index (χ3n) is 5.48. The third-order valence-corrected chi connectivity index (χ3v) is 7.62. The molecule has 0 saturated carbocycles. The molecule has 0 atom stereocenters. The largest absolute Gasteiger partial charge is 0.360 e. The fourth-order valence-electron chi connectivity index (χ4n) is 3.86. The Balaban J connectivity index is 1.58. The monoisotopic (exact) mass is 430 g/mol. The van der Waals surface area contributed by atoms with Crippen molar-refractivity contribution in [3.8, 4) is 0 Å². The average molecular weight is 430 g/mol. The van der Waals surface area contributed by atoms with E-state index in [4.69, 9.17) is 4.52 Å². The number of aryl methyl sites for hydroxylation is 3. The zero-order valence-corrected chi connectivity index (χ0v) is 17.8. The summed E-state index contributed by atoms with van der Waals surface area (Å²) in [7, 11) is -2.09. The first-order chi connectivity index (χ1) is 14.2. The number of pyridine rings is 1. The van der Waals surface area contributed by atoms with Crippen LogP contribution in [0.1, 0.15) is 21.8 Å². The van der Waals surface area contributed by atoms with E-state index in [9.17, 15) is 18.0 Å². The van der Waals surface area contributed by atoms with Crippen LogP contribution in [0.25, 0.3) is 10.9 Å². The number of amides is 1. The number of benzene rings is 1. The number of fused-ring (bicyclic) bond motifs is 1. The number of sulfonamides is 1. The van der Waals surface area contributed by atoms with Crippen LogP contribution in [0.4, 0.5) is 0 Å². The van der Waals surface area contributed by atoms with E-state index in [1.54, 1.807) is 37.9 Å². The Morgan fingerprint density at radius 2 is 1.77 bits per heavy atom. The van der Waals surface area contributed by atoms with Gasteiger partial charge in [0.05, 0.1) is 11.1 Å². The Hall–Kier alpha value is -2.98. The van der Waals surface area contributed by atoms with Crippen molar-refractivity contribution in [1.29, 1.82) is 0 Å². The summed E-state index contributed by atoms with van der Waals surface area (Å²) in [5, 5.41) is 4.42. The van der Waals surface area contributed by atoms with Gasteiger partial charge >= 0.3 is 0 Å². The van der Waals surface area contributed by atoms with E-state index >= 15 is 0 Å². The fourth-order valence-corrected chi connectivity index (χ4v) is 5.57. The van der Waals surface area contributed by atoms with Gasteiger partial charge in [-0.15, -0.1) is 0 Å². The zero-order chi connectivity index (χ0) is 21.6. The van der Waals surface area contributed by atoms with Crippen LogP contribution in [-0.4, -0.2) is 59.4 Å². The molecular formula is C20H22N4O5S. The molecule has 2 aromatic heterocycles. The van der Waals surface area contributed by atoms with Crippen LogP contribution >= 0.6 is 0 Å². The van der Waals surface area contributed by atoms with Crippen LogP contribution in [0.5, 0.6) is 0 Å². The maximum Gasteiger partial charge on any atom is 0.254 e. The molecule has 1 fully saturated rings. The van der Waals surface area contributed by atoms with E-state index < -0.39 is 10.0 Å². The van der Waals surface area contributed by atoms with Gasteiger partial charge < -0.3 is 14.0 Å². The summed E-state index contributed by atoms with van der Waals surface area (Å²) < 4.78 is 33.8. The van der Waals surface area contributed by atoms with Crippen molar-refractivity contribution in [3.63, 3.8) is 0 Å². The van der Waals surface area contributed by atoms with E-state index in [-0.39, 0.29) is 48.3 Å². The van der Waals surface area contributed by atoms with Crippen LogP contribution < -0.4 is 5.56 Å². The van der Waals surface area contributed by atoms with Crippen molar-refractivity contribution >= 4 is 26.8 Å². The van der Waals surface area contributed by atoms with Gasteiger partial charge in [-0.2, -0.15) is 4.31 Å². The minimum Gasteiger partial charge on any atom is -0.360 e. The van der Waals surface area contributed by atoms with E-state index in [1.807, 2.05) is 12.1 Å². The average Bonchev–Trinajstić information content (AvgIpc) is 3.09. The Morgan fingerprint density at radius 3 is 2.40 bits per heavy atom. The standard InChI is InChI=1S/C20H22N4O5S/c1-13-19(14(2)29-21-13)30(27,28)24-10-8-23(9-11-24)20(26)16-12-18(25)22(3)17-7-5-4-6-15(16)17/h4-7,12H,8-11H2,1-3H3. The first-order valence-electron chi connectivity index (χ1n) is 9.53. The first kappa shape index (κ1) is 20.3. The fraction of sp³-hybridized carbons (Fsp3) is 0.350. The summed E-state index contributed by atoms with van der Waals surface area (Å²) >= 11 is 0. The molecule has 0 radical (unpaired) electrons. The molecule has 158 valence electrons. The molecule has 0 aliphatic carbocycles. The molecule has 0 spiro atoms. The molecule has 0 unspecified atom stereocenters. The predicted octanol–water partition coefficient (Wildman–Crippen LogP) is 1.29. The van der Waals surface area contributed by atoms with Gasteiger partial charge in [-0.05, 0) is 19.9 Å². The van der Waals surface area contributed by atoms with Crippen LogP contribution in [0.2, 0.25) is 0 Å². The van der Waals surface area contributed by atoms with Gasteiger partial charge in [-0.1, -0.05) is 23.4 Å². The molecule has 1 aliphatic rings. The molecule has 0 bridgehead atoms. The number of hydrogen-bond donors (Lipinski definition) is 0. The second kappa shape index (κ2) is 7.37. The number of carbonyl (C=O) groups excluding carboxylic acids is 1.